The van der Waals surface area contributed by atoms with Crippen molar-refractivity contribution in [3.63, 3.8) is 0 Å². The molecule has 3 rings (SSSR count). The summed E-state index contributed by atoms with van der Waals surface area (Å²) in [5.41, 5.74) is 7.07. The van der Waals surface area contributed by atoms with Gasteiger partial charge in [-0.15, -0.1) is 11.3 Å². The summed E-state index contributed by atoms with van der Waals surface area (Å²) in [5.74, 6) is 6.72. The van der Waals surface area contributed by atoms with Crippen LogP contribution in [0.2, 0.25) is 0 Å². The lowest BCUT2D eigenvalue weighted by molar-refractivity contribution is 0.109. The van der Waals surface area contributed by atoms with E-state index in [0.29, 0.717) is 24.9 Å². The van der Waals surface area contributed by atoms with Gasteiger partial charge in [-0.1, -0.05) is 0 Å². The lowest BCUT2D eigenvalue weighted by Crippen LogP contribution is -2.19. The van der Waals surface area contributed by atoms with Gasteiger partial charge in [0.15, 0.2) is 5.82 Å². The quantitative estimate of drug-likeness (QED) is 0.609. The number of hydrazine groups is 1. The lowest BCUT2D eigenvalue weighted by Gasteiger charge is -2.18. The first kappa shape index (κ1) is 10.6. The average molecular weight is 249 g/mol. The highest BCUT2D eigenvalue weighted by atomic mass is 32.1. The van der Waals surface area contributed by atoms with Crippen LogP contribution in [0.4, 0.5) is 5.82 Å². The molecule has 1 aliphatic rings. The summed E-state index contributed by atoms with van der Waals surface area (Å²) in [5, 5.41) is 1.92. The smallest absolute Gasteiger partial charge is 0.181 e. The number of anilines is 1. The van der Waals surface area contributed by atoms with Crippen molar-refractivity contribution in [3.8, 4) is 11.5 Å². The molecule has 0 radical (unpaired) electrons. The molecule has 0 atom stereocenters. The Morgan fingerprint density at radius 1 is 1.41 bits per heavy atom. The highest BCUT2D eigenvalue weighted by Crippen LogP contribution is 2.25. The Bertz CT molecular complexity index is 510. The van der Waals surface area contributed by atoms with Gasteiger partial charge in [-0.2, -0.15) is 0 Å². The second-order valence-electron chi connectivity index (χ2n) is 3.64. The van der Waals surface area contributed by atoms with Crippen molar-refractivity contribution in [2.75, 3.05) is 12.0 Å². The first-order valence-corrected chi connectivity index (χ1v) is 6.15. The van der Waals surface area contributed by atoms with E-state index in [0.717, 1.165) is 23.4 Å². The number of thiazole rings is 1. The number of hydrogen-bond donors (Lipinski definition) is 2. The zero-order valence-corrected chi connectivity index (χ0v) is 9.83. The van der Waals surface area contributed by atoms with Crippen LogP contribution in [0.15, 0.2) is 10.9 Å². The second kappa shape index (κ2) is 4.36. The van der Waals surface area contributed by atoms with Crippen LogP contribution in [-0.2, 0) is 17.8 Å². The molecular weight excluding hydrogens is 238 g/mol. The van der Waals surface area contributed by atoms with Crippen molar-refractivity contribution in [1.29, 1.82) is 0 Å². The molecular formula is C10H11N5OS. The van der Waals surface area contributed by atoms with E-state index in [1.54, 1.807) is 5.51 Å². The van der Waals surface area contributed by atoms with Crippen LogP contribution in [0.25, 0.3) is 11.5 Å². The molecule has 0 bridgehead atoms. The minimum absolute atomic E-state index is 0.506. The van der Waals surface area contributed by atoms with E-state index in [2.05, 4.69) is 20.4 Å². The number of hydrogen-bond acceptors (Lipinski definition) is 7. The number of rotatable bonds is 2. The van der Waals surface area contributed by atoms with E-state index in [1.807, 2.05) is 5.38 Å². The summed E-state index contributed by atoms with van der Waals surface area (Å²) in [6, 6.07) is 0. The third-order valence-corrected chi connectivity index (χ3v) is 3.21. The maximum Gasteiger partial charge on any atom is 0.181 e. The van der Waals surface area contributed by atoms with E-state index in [4.69, 9.17) is 10.6 Å². The van der Waals surface area contributed by atoms with Crippen molar-refractivity contribution >= 4 is 17.2 Å². The van der Waals surface area contributed by atoms with Crippen LogP contribution < -0.4 is 11.3 Å². The second-order valence-corrected chi connectivity index (χ2v) is 4.36. The molecule has 2 aromatic heterocycles. The number of nitrogen functional groups attached to an aromatic ring is 1. The van der Waals surface area contributed by atoms with E-state index in [-0.39, 0.29) is 0 Å². The van der Waals surface area contributed by atoms with Crippen LogP contribution in [0.5, 0.6) is 0 Å². The van der Waals surface area contributed by atoms with Crippen LogP contribution in [0.1, 0.15) is 11.3 Å². The first-order valence-electron chi connectivity index (χ1n) is 5.21. The van der Waals surface area contributed by atoms with Gasteiger partial charge in [-0.05, 0) is 0 Å². The van der Waals surface area contributed by atoms with Crippen LogP contribution in [0, 0.1) is 0 Å². The Morgan fingerprint density at radius 3 is 3.12 bits per heavy atom. The molecule has 1 aliphatic heterocycles. The minimum atomic E-state index is 0.506. The topological polar surface area (TPSA) is 86.0 Å². The fourth-order valence-corrected chi connectivity index (χ4v) is 2.32. The van der Waals surface area contributed by atoms with Crippen molar-refractivity contribution < 1.29 is 4.74 Å². The Labute approximate surface area is 102 Å². The fourth-order valence-electron chi connectivity index (χ4n) is 1.79. The maximum absolute atomic E-state index is 5.48. The predicted molar refractivity (Wildman–Crippen MR) is 64.3 cm³/mol. The number of nitrogens with one attached hydrogen (secondary N) is 1. The summed E-state index contributed by atoms with van der Waals surface area (Å²) in [6.07, 6.45) is 0.781. The molecule has 0 fully saturated rings. The van der Waals surface area contributed by atoms with E-state index in [1.165, 1.54) is 11.3 Å². The highest BCUT2D eigenvalue weighted by molar-refractivity contribution is 7.07. The molecule has 88 valence electrons. The molecule has 0 aliphatic carbocycles. The van der Waals surface area contributed by atoms with Gasteiger partial charge in [0.1, 0.15) is 11.5 Å². The highest BCUT2D eigenvalue weighted by Gasteiger charge is 2.18. The zero-order chi connectivity index (χ0) is 11.7. The van der Waals surface area contributed by atoms with Crippen molar-refractivity contribution in [2.45, 2.75) is 13.0 Å². The number of nitrogens with zero attached hydrogens (tertiary/aromatic N) is 3. The molecule has 2 aromatic rings. The number of fused-ring (bicyclic) bond motifs is 1. The molecule has 0 aromatic carbocycles. The van der Waals surface area contributed by atoms with E-state index < -0.39 is 0 Å². The average Bonchev–Trinajstić information content (AvgIpc) is 2.91. The van der Waals surface area contributed by atoms with Gasteiger partial charge in [0.25, 0.3) is 0 Å². The zero-order valence-electron chi connectivity index (χ0n) is 9.01. The molecule has 17 heavy (non-hydrogen) atoms. The van der Waals surface area contributed by atoms with Gasteiger partial charge < -0.3 is 10.2 Å². The van der Waals surface area contributed by atoms with Gasteiger partial charge in [-0.3, -0.25) is 0 Å². The molecule has 7 heteroatoms. The summed E-state index contributed by atoms with van der Waals surface area (Å²) < 4.78 is 5.38. The molecule has 0 saturated carbocycles. The minimum Gasteiger partial charge on any atom is -0.376 e. The van der Waals surface area contributed by atoms with Crippen molar-refractivity contribution in [3.05, 3.63) is 22.1 Å². The predicted octanol–water partition coefficient (Wildman–Crippen LogP) is 0.958. The van der Waals surface area contributed by atoms with Crippen LogP contribution >= 0.6 is 11.3 Å². The van der Waals surface area contributed by atoms with Crippen LogP contribution in [0.3, 0.4) is 0 Å². The van der Waals surface area contributed by atoms with Crippen LogP contribution in [-0.4, -0.2) is 21.6 Å². The van der Waals surface area contributed by atoms with Gasteiger partial charge in [0, 0.05) is 17.4 Å². The third-order valence-electron chi connectivity index (χ3n) is 2.62. The van der Waals surface area contributed by atoms with Gasteiger partial charge in [0.2, 0.25) is 0 Å². The number of nitrogens with two attached hydrogens (primary N) is 1. The molecule has 0 saturated heterocycles. The summed E-state index contributed by atoms with van der Waals surface area (Å²) in [4.78, 5) is 13.1. The summed E-state index contributed by atoms with van der Waals surface area (Å²) in [6.45, 7) is 1.19. The number of ether oxygens (including phenoxy) is 1. The lowest BCUT2D eigenvalue weighted by atomic mass is 10.1. The molecule has 6 nitrogen and oxygen atoms in total. The first-order chi connectivity index (χ1) is 8.38. The van der Waals surface area contributed by atoms with E-state index >= 15 is 0 Å². The Morgan fingerprint density at radius 2 is 2.35 bits per heavy atom. The summed E-state index contributed by atoms with van der Waals surface area (Å²) >= 11 is 1.52. The summed E-state index contributed by atoms with van der Waals surface area (Å²) in [7, 11) is 0. The van der Waals surface area contributed by atoms with Crippen molar-refractivity contribution in [2.24, 2.45) is 5.84 Å². The Kier molecular flexibility index (Phi) is 2.71. The SMILES string of the molecule is NNc1nc(-c2cscn2)nc2c1COCC2. The van der Waals surface area contributed by atoms with Gasteiger partial charge in [-0.25, -0.2) is 20.8 Å². The third kappa shape index (κ3) is 1.88. The molecule has 0 unspecified atom stereocenters. The molecule has 0 amide bonds. The molecule has 3 heterocycles. The largest absolute Gasteiger partial charge is 0.376 e. The normalized spacial score (nSPS) is 14.4. The standard InChI is InChI=1S/C10H11N5OS/c11-15-9-6-3-16-2-1-7(6)13-10(14-9)8-4-17-5-12-8/h4-5H,1-3,11H2,(H,13,14,15). The van der Waals surface area contributed by atoms with Crippen molar-refractivity contribution in [1.82, 2.24) is 15.0 Å². The fraction of sp³-hybridized carbons (Fsp3) is 0.300. The van der Waals surface area contributed by atoms with Gasteiger partial charge in [0.05, 0.1) is 24.4 Å². The Balaban J connectivity index is 2.12. The number of aromatic nitrogens is 3. The van der Waals surface area contributed by atoms with E-state index in [9.17, 15) is 0 Å². The molecule has 0 spiro atoms. The maximum atomic E-state index is 5.48. The monoisotopic (exact) mass is 249 g/mol. The van der Waals surface area contributed by atoms with Gasteiger partial charge >= 0.3 is 0 Å². The molecule has 3 N–H and O–H groups in total. The Hall–Kier alpha value is -1.57.